The van der Waals surface area contributed by atoms with Crippen molar-refractivity contribution in [1.29, 1.82) is 0 Å². The number of amides is 1. The van der Waals surface area contributed by atoms with Crippen LogP contribution in [-0.2, 0) is 11.0 Å². The van der Waals surface area contributed by atoms with Crippen molar-refractivity contribution in [2.75, 3.05) is 11.2 Å². The maximum absolute atomic E-state index is 12.7. The zero-order chi connectivity index (χ0) is 16.2. The van der Waals surface area contributed by atoms with Gasteiger partial charge in [-0.25, -0.2) is 0 Å². The highest BCUT2D eigenvalue weighted by Crippen LogP contribution is 2.31. The van der Waals surface area contributed by atoms with Gasteiger partial charge in [0, 0.05) is 17.8 Å². The van der Waals surface area contributed by atoms with E-state index in [1.165, 1.54) is 6.07 Å². The predicted molar refractivity (Wildman–Crippen MR) is 80.0 cm³/mol. The molecule has 0 spiro atoms. The topological polar surface area (TPSA) is 41.1 Å². The van der Waals surface area contributed by atoms with E-state index in [-0.39, 0.29) is 23.9 Å². The molecule has 0 aliphatic heterocycles. The summed E-state index contributed by atoms with van der Waals surface area (Å²) in [5.74, 6) is -0.297. The van der Waals surface area contributed by atoms with Crippen molar-refractivity contribution >= 4 is 23.2 Å². The van der Waals surface area contributed by atoms with Crippen molar-refractivity contribution in [3.63, 3.8) is 0 Å². The molecule has 1 fully saturated rings. The van der Waals surface area contributed by atoms with Gasteiger partial charge in [0.25, 0.3) is 0 Å². The van der Waals surface area contributed by atoms with Gasteiger partial charge in [-0.15, -0.1) is 11.6 Å². The first kappa shape index (κ1) is 16.9. The summed E-state index contributed by atoms with van der Waals surface area (Å²) in [6, 6.07) is 5.23. The number of rotatable bonds is 4. The first-order valence-electron chi connectivity index (χ1n) is 7.17. The number of benzene rings is 1. The molecule has 0 heterocycles. The van der Waals surface area contributed by atoms with Crippen LogP contribution in [0.4, 0.5) is 18.9 Å². The summed E-state index contributed by atoms with van der Waals surface area (Å²) in [5, 5.41) is 5.96. The fraction of sp³-hybridized carbons (Fsp3) is 0.533. The molecule has 1 amide bonds. The Morgan fingerprint density at radius 3 is 2.68 bits per heavy atom. The van der Waals surface area contributed by atoms with E-state index in [0.717, 1.165) is 31.4 Å². The van der Waals surface area contributed by atoms with Crippen molar-refractivity contribution in [2.24, 2.45) is 0 Å². The summed E-state index contributed by atoms with van der Waals surface area (Å²) >= 11 is 5.46. The minimum atomic E-state index is -4.35. The maximum Gasteiger partial charge on any atom is 0.416 e. The average Bonchev–Trinajstić information content (AvgIpc) is 2.47. The molecule has 7 heteroatoms. The molecule has 2 atom stereocenters. The number of carbonyl (C=O) groups excluding carboxylic acids is 1. The fourth-order valence-electron chi connectivity index (χ4n) is 2.74. The number of nitrogens with one attached hydrogen (secondary N) is 2. The summed E-state index contributed by atoms with van der Waals surface area (Å²) in [5.41, 5.74) is -0.218. The Balaban J connectivity index is 1.97. The molecular formula is C15H18ClF3N2O. The molecule has 1 aliphatic rings. The van der Waals surface area contributed by atoms with Crippen molar-refractivity contribution in [3.05, 3.63) is 29.8 Å². The van der Waals surface area contributed by atoms with Gasteiger partial charge in [-0.2, -0.15) is 13.2 Å². The summed E-state index contributed by atoms with van der Waals surface area (Å²) in [6.45, 7) is 0. The maximum atomic E-state index is 12.7. The van der Waals surface area contributed by atoms with E-state index in [1.807, 2.05) is 0 Å². The van der Waals surface area contributed by atoms with Crippen molar-refractivity contribution in [3.8, 4) is 0 Å². The fourth-order valence-corrected chi connectivity index (χ4v) is 2.82. The van der Waals surface area contributed by atoms with Gasteiger partial charge in [-0.3, -0.25) is 4.79 Å². The van der Waals surface area contributed by atoms with Gasteiger partial charge >= 0.3 is 6.18 Å². The molecule has 122 valence electrons. The molecule has 2 rings (SSSR count). The van der Waals surface area contributed by atoms with Crippen molar-refractivity contribution in [1.82, 2.24) is 5.32 Å². The Hall–Kier alpha value is -1.43. The highest BCUT2D eigenvalue weighted by atomic mass is 35.5. The predicted octanol–water partition coefficient (Wildman–Crippen LogP) is 3.78. The Morgan fingerprint density at radius 2 is 2.00 bits per heavy atom. The van der Waals surface area contributed by atoms with Gasteiger partial charge in [0.1, 0.15) is 5.88 Å². The molecule has 2 N–H and O–H groups in total. The minimum Gasteiger partial charge on any atom is -0.382 e. The number of alkyl halides is 4. The molecule has 1 aromatic carbocycles. The zero-order valence-electron chi connectivity index (χ0n) is 11.9. The molecule has 2 unspecified atom stereocenters. The van der Waals surface area contributed by atoms with E-state index in [9.17, 15) is 18.0 Å². The second-order valence-corrected chi connectivity index (χ2v) is 5.75. The Kier molecular flexibility index (Phi) is 5.56. The quantitative estimate of drug-likeness (QED) is 0.823. The van der Waals surface area contributed by atoms with E-state index in [1.54, 1.807) is 6.07 Å². The molecule has 22 heavy (non-hydrogen) atoms. The summed E-state index contributed by atoms with van der Waals surface area (Å²) in [7, 11) is 0. The lowest BCUT2D eigenvalue weighted by Crippen LogP contribution is -2.42. The Labute approximate surface area is 132 Å². The lowest BCUT2D eigenvalue weighted by atomic mass is 9.90. The first-order valence-corrected chi connectivity index (χ1v) is 7.71. The number of carbonyl (C=O) groups is 1. The number of hydrogen-bond donors (Lipinski definition) is 2. The lowest BCUT2D eigenvalue weighted by molar-refractivity contribution is -0.137. The molecule has 0 radical (unpaired) electrons. The average molecular weight is 335 g/mol. The summed E-state index contributed by atoms with van der Waals surface area (Å²) in [6.07, 6.45) is -1.03. The largest absolute Gasteiger partial charge is 0.416 e. The first-order chi connectivity index (χ1) is 10.4. The van der Waals surface area contributed by atoms with E-state index in [2.05, 4.69) is 10.6 Å². The van der Waals surface area contributed by atoms with Crippen molar-refractivity contribution in [2.45, 2.75) is 43.9 Å². The van der Waals surface area contributed by atoms with Crippen LogP contribution in [0.25, 0.3) is 0 Å². The SMILES string of the molecule is O=C(CCl)NC1CCCC(Nc2cccc(C(F)(F)F)c2)C1. The van der Waals surface area contributed by atoms with Crippen LogP contribution in [0.15, 0.2) is 24.3 Å². The van der Waals surface area contributed by atoms with Gasteiger partial charge in [0.15, 0.2) is 0 Å². The monoisotopic (exact) mass is 334 g/mol. The van der Waals surface area contributed by atoms with Crippen LogP contribution in [0.2, 0.25) is 0 Å². The third kappa shape index (κ3) is 4.80. The van der Waals surface area contributed by atoms with Crippen LogP contribution in [0.1, 0.15) is 31.2 Å². The van der Waals surface area contributed by atoms with E-state index in [0.29, 0.717) is 12.1 Å². The van der Waals surface area contributed by atoms with Crippen LogP contribution >= 0.6 is 11.6 Å². The Bertz CT molecular complexity index is 522. The normalized spacial score (nSPS) is 22.2. The molecule has 0 aromatic heterocycles. The van der Waals surface area contributed by atoms with Gasteiger partial charge < -0.3 is 10.6 Å². The number of anilines is 1. The molecule has 1 aromatic rings. The van der Waals surface area contributed by atoms with Crippen LogP contribution < -0.4 is 10.6 Å². The zero-order valence-corrected chi connectivity index (χ0v) is 12.7. The number of halogens is 4. The summed E-state index contributed by atoms with van der Waals surface area (Å²) < 4.78 is 38.1. The molecule has 0 bridgehead atoms. The van der Waals surface area contributed by atoms with Gasteiger partial charge in [-0.1, -0.05) is 6.07 Å². The minimum absolute atomic E-state index is 0.0169. The molecule has 0 saturated heterocycles. The highest BCUT2D eigenvalue weighted by Gasteiger charge is 2.30. The van der Waals surface area contributed by atoms with Crippen molar-refractivity contribution < 1.29 is 18.0 Å². The van der Waals surface area contributed by atoms with E-state index in [4.69, 9.17) is 11.6 Å². The summed E-state index contributed by atoms with van der Waals surface area (Å²) in [4.78, 5) is 11.3. The standard InChI is InChI=1S/C15H18ClF3N2O/c16-9-14(22)21-13-6-2-5-12(8-13)20-11-4-1-3-10(7-11)15(17,18)19/h1,3-4,7,12-13,20H,2,5-6,8-9H2,(H,21,22). The number of hydrogen-bond acceptors (Lipinski definition) is 2. The van der Waals surface area contributed by atoms with E-state index >= 15 is 0 Å². The van der Waals surface area contributed by atoms with E-state index < -0.39 is 11.7 Å². The van der Waals surface area contributed by atoms with Crippen LogP contribution in [0, 0.1) is 0 Å². The van der Waals surface area contributed by atoms with Gasteiger partial charge in [0.05, 0.1) is 5.56 Å². The van der Waals surface area contributed by atoms with Gasteiger partial charge in [-0.05, 0) is 43.9 Å². The van der Waals surface area contributed by atoms with Crippen LogP contribution in [-0.4, -0.2) is 23.9 Å². The molecule has 1 aliphatic carbocycles. The molecule has 1 saturated carbocycles. The smallest absolute Gasteiger partial charge is 0.382 e. The second kappa shape index (κ2) is 7.22. The highest BCUT2D eigenvalue weighted by molar-refractivity contribution is 6.27. The Morgan fingerprint density at radius 1 is 1.27 bits per heavy atom. The molecular weight excluding hydrogens is 317 g/mol. The third-order valence-corrected chi connectivity index (χ3v) is 3.96. The lowest BCUT2D eigenvalue weighted by Gasteiger charge is -2.31. The van der Waals surface area contributed by atoms with Crippen LogP contribution in [0.3, 0.4) is 0 Å². The molecule has 3 nitrogen and oxygen atoms in total. The second-order valence-electron chi connectivity index (χ2n) is 5.48. The third-order valence-electron chi connectivity index (χ3n) is 3.72. The van der Waals surface area contributed by atoms with Crippen LogP contribution in [0.5, 0.6) is 0 Å². The van der Waals surface area contributed by atoms with Gasteiger partial charge in [0.2, 0.25) is 5.91 Å².